The Bertz CT molecular complexity index is 498. The summed E-state index contributed by atoms with van der Waals surface area (Å²) in [7, 11) is 1.89. The minimum atomic E-state index is 0. The zero-order valence-corrected chi connectivity index (χ0v) is 19.1. The van der Waals surface area contributed by atoms with Gasteiger partial charge >= 0.3 is 0 Å². The van der Waals surface area contributed by atoms with Gasteiger partial charge in [-0.2, -0.15) is 0 Å². The Morgan fingerprint density at radius 2 is 1.96 bits per heavy atom. The Balaban J connectivity index is 0.00000243. The molecule has 1 spiro atoms. The van der Waals surface area contributed by atoms with Crippen molar-refractivity contribution < 1.29 is 4.74 Å². The molecule has 0 amide bonds. The first kappa shape index (κ1) is 22.0. The minimum absolute atomic E-state index is 0. The first-order valence-electron chi connectivity index (χ1n) is 10.1. The van der Waals surface area contributed by atoms with Crippen LogP contribution >= 0.6 is 24.0 Å². The highest BCUT2D eigenvalue weighted by Crippen LogP contribution is 2.57. The summed E-state index contributed by atoms with van der Waals surface area (Å²) in [5, 5.41) is 7.37. The van der Waals surface area contributed by atoms with Crippen LogP contribution in [0.2, 0.25) is 0 Å². The quantitative estimate of drug-likeness (QED) is 0.268. The molecule has 2 unspecified atom stereocenters. The number of nitrogens with zero attached hydrogens (tertiary/aromatic N) is 2. The van der Waals surface area contributed by atoms with Gasteiger partial charge in [-0.25, -0.2) is 0 Å². The maximum absolute atomic E-state index is 5.96. The van der Waals surface area contributed by atoms with E-state index in [1.807, 2.05) is 7.05 Å². The van der Waals surface area contributed by atoms with Crippen LogP contribution < -0.4 is 10.6 Å². The Kier molecular flexibility index (Phi) is 8.22. The van der Waals surface area contributed by atoms with Crippen LogP contribution in [-0.2, 0) is 4.74 Å². The van der Waals surface area contributed by atoms with Crippen LogP contribution in [0.15, 0.2) is 17.1 Å². The predicted octanol–water partition coefficient (Wildman–Crippen LogP) is 3.16. The van der Waals surface area contributed by atoms with Gasteiger partial charge in [0.25, 0.3) is 0 Å². The van der Waals surface area contributed by atoms with E-state index in [1.54, 1.807) is 0 Å². The second-order valence-corrected chi connectivity index (χ2v) is 8.19. The molecule has 1 aliphatic heterocycles. The minimum Gasteiger partial charge on any atom is -0.378 e. The van der Waals surface area contributed by atoms with E-state index >= 15 is 0 Å². The van der Waals surface area contributed by atoms with Crippen molar-refractivity contribution in [2.24, 2.45) is 10.4 Å². The Labute approximate surface area is 176 Å². The van der Waals surface area contributed by atoms with Crippen LogP contribution in [0.4, 0.5) is 0 Å². The third kappa shape index (κ3) is 4.73. The first-order valence-corrected chi connectivity index (χ1v) is 10.1. The van der Waals surface area contributed by atoms with Gasteiger partial charge in [0.15, 0.2) is 5.96 Å². The van der Waals surface area contributed by atoms with Crippen molar-refractivity contribution in [2.45, 2.75) is 70.6 Å². The van der Waals surface area contributed by atoms with Crippen molar-refractivity contribution >= 4 is 29.9 Å². The lowest BCUT2D eigenvalue weighted by atomic mass is 9.51. The van der Waals surface area contributed by atoms with Crippen LogP contribution in [0.5, 0.6) is 0 Å². The van der Waals surface area contributed by atoms with Gasteiger partial charge in [0.1, 0.15) is 0 Å². The van der Waals surface area contributed by atoms with Crippen molar-refractivity contribution in [1.82, 2.24) is 15.5 Å². The van der Waals surface area contributed by atoms with E-state index in [0.717, 1.165) is 38.6 Å². The van der Waals surface area contributed by atoms with Crippen LogP contribution in [0.1, 0.15) is 52.4 Å². The molecule has 6 heteroatoms. The monoisotopic (exact) mass is 476 g/mol. The summed E-state index contributed by atoms with van der Waals surface area (Å²) in [5.41, 5.74) is 1.63. The number of aliphatic imine (C=N–C) groups is 1. The number of piperidine rings is 1. The van der Waals surface area contributed by atoms with Crippen molar-refractivity contribution in [3.63, 3.8) is 0 Å². The van der Waals surface area contributed by atoms with Crippen molar-refractivity contribution in [2.75, 3.05) is 33.3 Å². The molecule has 3 rings (SSSR count). The molecule has 26 heavy (non-hydrogen) atoms. The predicted molar refractivity (Wildman–Crippen MR) is 119 cm³/mol. The third-order valence-corrected chi connectivity index (χ3v) is 6.39. The number of hydrogen-bond donors (Lipinski definition) is 2. The highest BCUT2D eigenvalue weighted by atomic mass is 127. The van der Waals surface area contributed by atoms with Gasteiger partial charge in [0, 0.05) is 50.8 Å². The maximum atomic E-state index is 5.96. The molecule has 0 aromatic heterocycles. The molecule has 0 aromatic rings. The Morgan fingerprint density at radius 3 is 2.46 bits per heavy atom. The van der Waals surface area contributed by atoms with E-state index in [2.05, 4.69) is 41.0 Å². The number of rotatable bonds is 6. The lowest BCUT2D eigenvalue weighted by Crippen LogP contribution is -2.69. The van der Waals surface area contributed by atoms with Crippen LogP contribution in [0, 0.1) is 5.41 Å². The van der Waals surface area contributed by atoms with Gasteiger partial charge in [-0.15, -0.1) is 24.0 Å². The van der Waals surface area contributed by atoms with E-state index in [-0.39, 0.29) is 24.0 Å². The smallest absolute Gasteiger partial charge is 0.191 e. The Morgan fingerprint density at radius 1 is 1.27 bits per heavy atom. The summed E-state index contributed by atoms with van der Waals surface area (Å²) in [6.07, 6.45) is 7.85. The fourth-order valence-electron chi connectivity index (χ4n) is 4.79. The molecule has 1 saturated heterocycles. The van der Waals surface area contributed by atoms with Crippen molar-refractivity contribution in [3.05, 3.63) is 12.2 Å². The van der Waals surface area contributed by atoms with E-state index < -0.39 is 0 Å². The van der Waals surface area contributed by atoms with E-state index in [4.69, 9.17) is 4.74 Å². The summed E-state index contributed by atoms with van der Waals surface area (Å²) < 4.78 is 5.96. The fourth-order valence-corrected chi connectivity index (χ4v) is 4.79. The number of guanidine groups is 1. The number of hydrogen-bond acceptors (Lipinski definition) is 3. The van der Waals surface area contributed by atoms with Gasteiger partial charge < -0.3 is 15.4 Å². The van der Waals surface area contributed by atoms with Crippen LogP contribution in [-0.4, -0.2) is 62.3 Å². The molecule has 3 fully saturated rings. The molecule has 150 valence electrons. The first-order chi connectivity index (χ1) is 12.1. The lowest BCUT2D eigenvalue weighted by Gasteiger charge is -2.61. The van der Waals surface area contributed by atoms with E-state index in [9.17, 15) is 0 Å². The topological polar surface area (TPSA) is 48.9 Å². The standard InChI is InChI=1S/C20H36N4O.HI/c1-5-25-18-13-17(20(18)9-6-10-20)23-19(21-4)22-16-7-11-24(12-8-16)14-15(2)3;/h16-18H,2,5-14H2,1,3-4H3,(H2,21,22,23);1H. The van der Waals surface area contributed by atoms with Gasteiger partial charge in [0.2, 0.25) is 0 Å². The third-order valence-electron chi connectivity index (χ3n) is 6.39. The molecule has 0 radical (unpaired) electrons. The highest BCUT2D eigenvalue weighted by Gasteiger charge is 2.59. The van der Waals surface area contributed by atoms with Gasteiger partial charge in [-0.1, -0.05) is 18.6 Å². The second-order valence-electron chi connectivity index (χ2n) is 8.19. The zero-order chi connectivity index (χ0) is 17.9. The molecule has 3 aliphatic rings. The maximum Gasteiger partial charge on any atom is 0.191 e. The second kappa shape index (κ2) is 9.73. The number of halogens is 1. The van der Waals surface area contributed by atoms with Crippen LogP contribution in [0.3, 0.4) is 0 Å². The largest absolute Gasteiger partial charge is 0.378 e. The number of likely N-dealkylation sites (tertiary alicyclic amines) is 1. The van der Waals surface area contributed by atoms with Crippen LogP contribution in [0.25, 0.3) is 0 Å². The summed E-state index contributed by atoms with van der Waals surface area (Å²) in [5.74, 6) is 0.976. The molecule has 0 aromatic carbocycles. The van der Waals surface area contributed by atoms with E-state index in [0.29, 0.717) is 23.6 Å². The molecule has 2 aliphatic carbocycles. The van der Waals surface area contributed by atoms with Crippen molar-refractivity contribution in [1.29, 1.82) is 0 Å². The fraction of sp³-hybridized carbons (Fsp3) is 0.850. The molecule has 2 saturated carbocycles. The van der Waals surface area contributed by atoms with Gasteiger partial charge in [-0.3, -0.25) is 9.89 Å². The summed E-state index contributed by atoms with van der Waals surface area (Å²) >= 11 is 0. The van der Waals surface area contributed by atoms with Gasteiger partial charge in [0.05, 0.1) is 6.10 Å². The molecule has 0 bridgehead atoms. The molecule has 5 nitrogen and oxygen atoms in total. The Hall–Kier alpha value is -0.340. The molecule has 2 atom stereocenters. The average molecular weight is 476 g/mol. The summed E-state index contributed by atoms with van der Waals surface area (Å²) in [6, 6.07) is 1.04. The normalized spacial score (nSPS) is 28.7. The SMILES string of the molecule is C=C(C)CN1CCC(NC(=NC)NC2CC(OCC)C23CCC3)CC1.I. The van der Waals surface area contributed by atoms with Gasteiger partial charge in [-0.05, 0) is 46.0 Å². The van der Waals surface area contributed by atoms with E-state index in [1.165, 1.54) is 37.7 Å². The molecular weight excluding hydrogens is 439 g/mol. The molecule has 2 N–H and O–H groups in total. The molecule has 1 heterocycles. The number of ether oxygens (including phenoxy) is 1. The highest BCUT2D eigenvalue weighted by molar-refractivity contribution is 14.0. The molecular formula is C20H37IN4O. The number of nitrogens with one attached hydrogen (secondary N) is 2. The van der Waals surface area contributed by atoms with Crippen molar-refractivity contribution in [3.8, 4) is 0 Å². The lowest BCUT2D eigenvalue weighted by molar-refractivity contribution is -0.168. The average Bonchev–Trinajstić information content (AvgIpc) is 2.52. The summed E-state index contributed by atoms with van der Waals surface area (Å²) in [6.45, 7) is 12.4. The summed E-state index contributed by atoms with van der Waals surface area (Å²) in [4.78, 5) is 6.99. The zero-order valence-electron chi connectivity index (χ0n) is 16.7.